The van der Waals surface area contributed by atoms with E-state index in [0.29, 0.717) is 32.1 Å². The summed E-state index contributed by atoms with van der Waals surface area (Å²) in [7, 11) is 0. The summed E-state index contributed by atoms with van der Waals surface area (Å²) < 4.78 is 23.6. The lowest BCUT2D eigenvalue weighted by Crippen LogP contribution is -2.39. The molecule has 2 rings (SSSR count). The van der Waals surface area contributed by atoms with Gasteiger partial charge in [0, 0.05) is 31.7 Å². The average Bonchev–Trinajstić information content (AvgIpc) is 2.70. The molecule has 0 unspecified atom stereocenters. The van der Waals surface area contributed by atoms with E-state index in [0.717, 1.165) is 0 Å². The van der Waals surface area contributed by atoms with Crippen molar-refractivity contribution >= 4 is 5.91 Å². The van der Waals surface area contributed by atoms with Crippen molar-refractivity contribution in [3.8, 4) is 5.75 Å². The lowest BCUT2D eigenvalue weighted by molar-refractivity contribution is -0.133. The summed E-state index contributed by atoms with van der Waals surface area (Å²) in [6.45, 7) is 1.65. The van der Waals surface area contributed by atoms with Crippen LogP contribution in [0.5, 0.6) is 5.75 Å². The highest BCUT2D eigenvalue weighted by Crippen LogP contribution is 2.12. The minimum atomic E-state index is -0.404. The predicted octanol–water partition coefficient (Wildman–Crippen LogP) is 0.672. The Hall–Kier alpha value is -1.66. The summed E-state index contributed by atoms with van der Waals surface area (Å²) in [6, 6.07) is 5.66. The number of nitrogens with zero attached hydrogens (tertiary/aromatic N) is 1. The van der Waals surface area contributed by atoms with Gasteiger partial charge in [-0.2, -0.15) is 0 Å². The first-order valence-corrected chi connectivity index (χ1v) is 6.54. The zero-order valence-corrected chi connectivity index (χ0v) is 11.1. The topological polar surface area (TPSA) is 59.0 Å². The maximum atomic E-state index is 13.0. The lowest BCUT2D eigenvalue weighted by Gasteiger charge is -2.22. The summed E-state index contributed by atoms with van der Waals surface area (Å²) in [6.07, 6.45) is 0. The maximum absolute atomic E-state index is 13.0. The third kappa shape index (κ3) is 4.18. The van der Waals surface area contributed by atoms with Crippen LogP contribution in [0.25, 0.3) is 0 Å². The maximum Gasteiger partial charge on any atom is 0.260 e. The van der Waals surface area contributed by atoms with Gasteiger partial charge in [0.1, 0.15) is 11.6 Å². The van der Waals surface area contributed by atoms with E-state index in [1.807, 2.05) is 0 Å². The molecule has 0 aromatic heterocycles. The molecule has 0 aliphatic carbocycles. The Kier molecular flexibility index (Phi) is 5.31. The molecular formula is C14H18FNO4. The Morgan fingerprint density at radius 3 is 3.15 bits per heavy atom. The van der Waals surface area contributed by atoms with Gasteiger partial charge < -0.3 is 19.5 Å². The third-order valence-corrected chi connectivity index (χ3v) is 3.11. The first kappa shape index (κ1) is 14.7. The minimum absolute atomic E-state index is 0.0193. The first-order chi connectivity index (χ1) is 9.69. The van der Waals surface area contributed by atoms with E-state index in [-0.39, 0.29) is 25.0 Å². The highest BCUT2D eigenvalue weighted by molar-refractivity contribution is 5.77. The third-order valence-electron chi connectivity index (χ3n) is 3.11. The molecule has 20 heavy (non-hydrogen) atoms. The standard InChI is InChI=1S/C14H18FNO4/c15-12-2-1-3-13(6-12)20-10-14(18)16-4-5-19-9-11(7-16)8-17/h1-3,6,11,17H,4-5,7-10H2/t11-/m1/s1. The van der Waals surface area contributed by atoms with Gasteiger partial charge >= 0.3 is 0 Å². The van der Waals surface area contributed by atoms with Crippen LogP contribution in [0.3, 0.4) is 0 Å². The number of rotatable bonds is 4. The van der Waals surface area contributed by atoms with Crippen LogP contribution in [0.15, 0.2) is 24.3 Å². The Bertz CT molecular complexity index is 455. The van der Waals surface area contributed by atoms with Gasteiger partial charge in [-0.3, -0.25) is 4.79 Å². The smallest absolute Gasteiger partial charge is 0.260 e. The summed E-state index contributed by atoms with van der Waals surface area (Å²) in [4.78, 5) is 13.6. The quantitative estimate of drug-likeness (QED) is 0.882. The normalized spacial score (nSPS) is 19.5. The molecule has 5 nitrogen and oxygen atoms in total. The van der Waals surface area contributed by atoms with Crippen molar-refractivity contribution in [2.24, 2.45) is 5.92 Å². The molecule has 1 aliphatic heterocycles. The molecule has 0 spiro atoms. The highest BCUT2D eigenvalue weighted by atomic mass is 19.1. The molecule has 1 saturated heterocycles. The second-order valence-electron chi connectivity index (χ2n) is 4.71. The molecule has 1 fully saturated rings. The number of carbonyl (C=O) groups excluding carboxylic acids is 1. The Morgan fingerprint density at radius 1 is 1.55 bits per heavy atom. The molecule has 1 aliphatic rings. The summed E-state index contributed by atoms with van der Waals surface area (Å²) in [5.74, 6) is -0.351. The molecule has 0 saturated carbocycles. The number of hydrogen-bond acceptors (Lipinski definition) is 4. The van der Waals surface area contributed by atoms with Crippen LogP contribution in [0.2, 0.25) is 0 Å². The number of benzene rings is 1. The SMILES string of the molecule is O=C(COc1cccc(F)c1)N1CCOC[C@@H](CO)C1. The van der Waals surface area contributed by atoms with Gasteiger partial charge in [-0.25, -0.2) is 4.39 Å². The fraction of sp³-hybridized carbons (Fsp3) is 0.500. The second kappa shape index (κ2) is 7.21. The van der Waals surface area contributed by atoms with Crippen LogP contribution in [-0.2, 0) is 9.53 Å². The van der Waals surface area contributed by atoms with Crippen molar-refractivity contribution in [3.05, 3.63) is 30.1 Å². The van der Waals surface area contributed by atoms with Gasteiger partial charge in [0.2, 0.25) is 0 Å². The summed E-state index contributed by atoms with van der Waals surface area (Å²) >= 11 is 0. The molecule has 6 heteroatoms. The fourth-order valence-corrected chi connectivity index (χ4v) is 2.01. The van der Waals surface area contributed by atoms with E-state index in [9.17, 15) is 9.18 Å². The lowest BCUT2D eigenvalue weighted by atomic mass is 10.1. The molecular weight excluding hydrogens is 265 g/mol. The zero-order chi connectivity index (χ0) is 14.4. The summed E-state index contributed by atoms with van der Waals surface area (Å²) in [5.41, 5.74) is 0. The van der Waals surface area contributed by atoms with Crippen molar-refractivity contribution in [1.82, 2.24) is 4.90 Å². The molecule has 1 aromatic rings. The van der Waals surface area contributed by atoms with Crippen molar-refractivity contribution in [2.45, 2.75) is 0 Å². The molecule has 110 valence electrons. The largest absolute Gasteiger partial charge is 0.484 e. The van der Waals surface area contributed by atoms with Gasteiger partial charge in [0.25, 0.3) is 5.91 Å². The van der Waals surface area contributed by atoms with E-state index >= 15 is 0 Å². The summed E-state index contributed by atoms with van der Waals surface area (Å²) in [5, 5.41) is 9.16. The number of amides is 1. The minimum Gasteiger partial charge on any atom is -0.484 e. The van der Waals surface area contributed by atoms with Gasteiger partial charge in [0.15, 0.2) is 6.61 Å². The monoisotopic (exact) mass is 283 g/mol. The molecule has 0 bridgehead atoms. The van der Waals surface area contributed by atoms with Crippen LogP contribution < -0.4 is 4.74 Å². The number of aliphatic hydroxyl groups is 1. The van der Waals surface area contributed by atoms with Gasteiger partial charge in [-0.05, 0) is 12.1 Å². The molecule has 0 radical (unpaired) electrons. The van der Waals surface area contributed by atoms with E-state index in [1.165, 1.54) is 18.2 Å². The van der Waals surface area contributed by atoms with E-state index < -0.39 is 5.82 Å². The fourth-order valence-electron chi connectivity index (χ4n) is 2.01. The number of aliphatic hydroxyl groups excluding tert-OH is 1. The number of ether oxygens (including phenoxy) is 2. The van der Waals surface area contributed by atoms with E-state index in [2.05, 4.69) is 0 Å². The van der Waals surface area contributed by atoms with Gasteiger partial charge in [-0.15, -0.1) is 0 Å². The van der Waals surface area contributed by atoms with Crippen molar-refractivity contribution in [1.29, 1.82) is 0 Å². The Balaban J connectivity index is 1.87. The van der Waals surface area contributed by atoms with Gasteiger partial charge in [0.05, 0.1) is 13.2 Å². The van der Waals surface area contributed by atoms with Crippen molar-refractivity contribution in [2.75, 3.05) is 39.5 Å². The Labute approximate surface area is 116 Å². The van der Waals surface area contributed by atoms with Crippen LogP contribution in [0.1, 0.15) is 0 Å². The van der Waals surface area contributed by atoms with Crippen LogP contribution in [0, 0.1) is 11.7 Å². The molecule has 1 N–H and O–H groups in total. The first-order valence-electron chi connectivity index (χ1n) is 6.54. The van der Waals surface area contributed by atoms with Crippen molar-refractivity contribution in [3.63, 3.8) is 0 Å². The number of carbonyl (C=O) groups is 1. The van der Waals surface area contributed by atoms with Crippen LogP contribution >= 0.6 is 0 Å². The van der Waals surface area contributed by atoms with Crippen LogP contribution in [-0.4, -0.2) is 55.4 Å². The predicted molar refractivity (Wildman–Crippen MR) is 69.9 cm³/mol. The van der Waals surface area contributed by atoms with Crippen molar-refractivity contribution < 1.29 is 23.8 Å². The van der Waals surface area contributed by atoms with Gasteiger partial charge in [-0.1, -0.05) is 6.07 Å². The highest BCUT2D eigenvalue weighted by Gasteiger charge is 2.22. The van der Waals surface area contributed by atoms with E-state index in [1.54, 1.807) is 11.0 Å². The Morgan fingerprint density at radius 2 is 2.40 bits per heavy atom. The molecule has 1 amide bonds. The second-order valence-corrected chi connectivity index (χ2v) is 4.71. The molecule has 1 aromatic carbocycles. The zero-order valence-electron chi connectivity index (χ0n) is 11.1. The van der Waals surface area contributed by atoms with Crippen LogP contribution in [0.4, 0.5) is 4.39 Å². The number of hydrogen-bond donors (Lipinski definition) is 1. The molecule has 1 heterocycles. The average molecular weight is 283 g/mol. The number of halogens is 1. The van der Waals surface area contributed by atoms with E-state index in [4.69, 9.17) is 14.6 Å². The molecule has 1 atom stereocenters.